The second-order valence-corrected chi connectivity index (χ2v) is 6.28. The van der Waals surface area contributed by atoms with Crippen LogP contribution in [0.4, 0.5) is 0 Å². The number of carbonyl (C=O) groups excluding carboxylic acids is 2. The Bertz CT molecular complexity index is 530. The van der Waals surface area contributed by atoms with Gasteiger partial charge in [0, 0.05) is 39.2 Å². The zero-order valence-electron chi connectivity index (χ0n) is 14.5. The molecule has 1 aromatic rings. The van der Waals surface area contributed by atoms with Crippen LogP contribution in [-0.2, 0) is 14.3 Å². The van der Waals surface area contributed by atoms with Crippen molar-refractivity contribution in [1.82, 2.24) is 15.2 Å². The standard InChI is InChI=1S/C18H27N3O3/c1-21(16(13-24-2)15-9-5-6-12-19-15)18(23)11-10-17(22)20-14-7-3-4-8-14/h5-6,9,12,14,16H,3-4,7-8,10-11,13H2,1-2H3,(H,20,22)/t16-/m0/s1. The number of rotatable bonds is 8. The predicted octanol–water partition coefficient (Wildman–Crippen LogP) is 2.07. The van der Waals surface area contributed by atoms with E-state index in [2.05, 4.69) is 10.3 Å². The van der Waals surface area contributed by atoms with E-state index in [1.807, 2.05) is 18.2 Å². The molecule has 2 amide bonds. The van der Waals surface area contributed by atoms with Crippen LogP contribution >= 0.6 is 0 Å². The van der Waals surface area contributed by atoms with Crippen molar-refractivity contribution in [2.45, 2.75) is 50.6 Å². The van der Waals surface area contributed by atoms with Crippen LogP contribution in [0.3, 0.4) is 0 Å². The van der Waals surface area contributed by atoms with Gasteiger partial charge in [-0.1, -0.05) is 18.9 Å². The van der Waals surface area contributed by atoms with Crippen molar-refractivity contribution in [3.8, 4) is 0 Å². The normalized spacial score (nSPS) is 15.9. The third-order valence-electron chi connectivity index (χ3n) is 4.50. The van der Waals surface area contributed by atoms with E-state index in [1.54, 1.807) is 25.3 Å². The molecule has 0 radical (unpaired) electrons. The molecule has 1 aliphatic rings. The first-order valence-electron chi connectivity index (χ1n) is 8.56. The molecule has 6 nitrogen and oxygen atoms in total. The van der Waals surface area contributed by atoms with Gasteiger partial charge >= 0.3 is 0 Å². The molecule has 2 rings (SSSR count). The number of ether oxygens (including phenoxy) is 1. The Morgan fingerprint density at radius 3 is 2.71 bits per heavy atom. The SMILES string of the molecule is COC[C@@H](c1ccccn1)N(C)C(=O)CCC(=O)NC1CCCC1. The van der Waals surface area contributed by atoms with Crippen LogP contribution in [0.15, 0.2) is 24.4 Å². The number of aromatic nitrogens is 1. The zero-order valence-corrected chi connectivity index (χ0v) is 14.5. The molecule has 24 heavy (non-hydrogen) atoms. The molecule has 0 saturated heterocycles. The number of likely N-dealkylation sites (N-methyl/N-ethyl adjacent to an activating group) is 1. The number of pyridine rings is 1. The molecule has 1 aliphatic carbocycles. The minimum absolute atomic E-state index is 0.0372. The van der Waals surface area contributed by atoms with Gasteiger partial charge in [0.2, 0.25) is 11.8 Å². The van der Waals surface area contributed by atoms with Gasteiger partial charge in [0.1, 0.15) is 0 Å². The van der Waals surface area contributed by atoms with Crippen LogP contribution in [0, 0.1) is 0 Å². The summed E-state index contributed by atoms with van der Waals surface area (Å²) in [6, 6.07) is 5.64. The molecular formula is C18H27N3O3. The van der Waals surface area contributed by atoms with Crippen LogP contribution in [-0.4, -0.2) is 48.5 Å². The van der Waals surface area contributed by atoms with E-state index in [4.69, 9.17) is 4.74 Å². The number of amides is 2. The van der Waals surface area contributed by atoms with Gasteiger partial charge in [-0.05, 0) is 25.0 Å². The summed E-state index contributed by atoms with van der Waals surface area (Å²) in [4.78, 5) is 30.3. The van der Waals surface area contributed by atoms with Gasteiger partial charge in [-0.25, -0.2) is 0 Å². The highest BCUT2D eigenvalue weighted by atomic mass is 16.5. The maximum atomic E-state index is 12.4. The Balaban J connectivity index is 1.85. The molecule has 0 unspecified atom stereocenters. The van der Waals surface area contributed by atoms with Crippen LogP contribution < -0.4 is 5.32 Å². The lowest BCUT2D eigenvalue weighted by Crippen LogP contribution is -2.36. The lowest BCUT2D eigenvalue weighted by molar-refractivity contribution is -0.135. The number of hydrogen-bond donors (Lipinski definition) is 1. The summed E-state index contributed by atoms with van der Waals surface area (Å²) in [5.41, 5.74) is 0.783. The summed E-state index contributed by atoms with van der Waals surface area (Å²) in [6.07, 6.45) is 6.57. The van der Waals surface area contributed by atoms with Crippen molar-refractivity contribution in [3.63, 3.8) is 0 Å². The summed E-state index contributed by atoms with van der Waals surface area (Å²) in [6.45, 7) is 0.369. The second-order valence-electron chi connectivity index (χ2n) is 6.28. The van der Waals surface area contributed by atoms with Crippen LogP contribution in [0.25, 0.3) is 0 Å². The Kier molecular flexibility index (Phi) is 7.18. The molecule has 132 valence electrons. The third kappa shape index (κ3) is 5.30. The predicted molar refractivity (Wildman–Crippen MR) is 91.3 cm³/mol. The zero-order chi connectivity index (χ0) is 17.4. The molecule has 1 saturated carbocycles. The van der Waals surface area contributed by atoms with Crippen molar-refractivity contribution in [2.24, 2.45) is 0 Å². The Hall–Kier alpha value is -1.95. The Morgan fingerprint density at radius 1 is 1.33 bits per heavy atom. The van der Waals surface area contributed by atoms with E-state index >= 15 is 0 Å². The maximum Gasteiger partial charge on any atom is 0.223 e. The quantitative estimate of drug-likeness (QED) is 0.790. The molecular weight excluding hydrogens is 306 g/mol. The smallest absolute Gasteiger partial charge is 0.223 e. The van der Waals surface area contributed by atoms with Crippen LogP contribution in [0.5, 0.6) is 0 Å². The summed E-state index contributed by atoms with van der Waals surface area (Å²) in [5.74, 6) is -0.117. The van der Waals surface area contributed by atoms with Gasteiger partial charge in [-0.3, -0.25) is 14.6 Å². The van der Waals surface area contributed by atoms with Crippen molar-refractivity contribution in [2.75, 3.05) is 20.8 Å². The number of nitrogens with zero attached hydrogens (tertiary/aromatic N) is 2. The molecule has 0 aromatic carbocycles. The van der Waals surface area contributed by atoms with Gasteiger partial charge in [0.25, 0.3) is 0 Å². The van der Waals surface area contributed by atoms with E-state index in [-0.39, 0.29) is 30.7 Å². The van der Waals surface area contributed by atoms with E-state index in [1.165, 1.54) is 12.8 Å². The van der Waals surface area contributed by atoms with Crippen molar-refractivity contribution >= 4 is 11.8 Å². The summed E-state index contributed by atoms with van der Waals surface area (Å²) in [7, 11) is 3.33. The van der Waals surface area contributed by atoms with Crippen molar-refractivity contribution in [3.05, 3.63) is 30.1 Å². The van der Waals surface area contributed by atoms with E-state index < -0.39 is 0 Å². The van der Waals surface area contributed by atoms with Gasteiger partial charge in [0.15, 0.2) is 0 Å². The minimum Gasteiger partial charge on any atom is -0.382 e. The lowest BCUT2D eigenvalue weighted by Gasteiger charge is -2.27. The van der Waals surface area contributed by atoms with Gasteiger partial charge in [-0.15, -0.1) is 0 Å². The third-order valence-corrected chi connectivity index (χ3v) is 4.50. The number of carbonyl (C=O) groups is 2. The molecule has 1 N–H and O–H groups in total. The average Bonchev–Trinajstić information content (AvgIpc) is 3.10. The van der Waals surface area contributed by atoms with E-state index in [9.17, 15) is 9.59 Å². The van der Waals surface area contributed by atoms with Crippen molar-refractivity contribution < 1.29 is 14.3 Å². The summed E-state index contributed by atoms with van der Waals surface area (Å²) in [5, 5.41) is 3.01. The second kappa shape index (κ2) is 9.37. The van der Waals surface area contributed by atoms with E-state index in [0.29, 0.717) is 12.6 Å². The summed E-state index contributed by atoms with van der Waals surface area (Å²) >= 11 is 0. The fourth-order valence-corrected chi connectivity index (χ4v) is 3.07. The highest BCUT2D eigenvalue weighted by Crippen LogP contribution is 2.19. The molecule has 1 aromatic heterocycles. The molecule has 6 heteroatoms. The Morgan fingerprint density at radius 2 is 2.08 bits per heavy atom. The molecule has 0 spiro atoms. The van der Waals surface area contributed by atoms with Gasteiger partial charge in [0.05, 0.1) is 18.3 Å². The summed E-state index contributed by atoms with van der Waals surface area (Å²) < 4.78 is 5.23. The fourth-order valence-electron chi connectivity index (χ4n) is 3.07. The van der Waals surface area contributed by atoms with Crippen LogP contribution in [0.1, 0.15) is 50.3 Å². The van der Waals surface area contributed by atoms with Gasteiger partial charge in [-0.2, -0.15) is 0 Å². The molecule has 0 bridgehead atoms. The Labute approximate surface area is 143 Å². The lowest BCUT2D eigenvalue weighted by atomic mass is 10.1. The number of methoxy groups -OCH3 is 1. The minimum atomic E-state index is -0.249. The first kappa shape index (κ1) is 18.4. The first-order valence-corrected chi connectivity index (χ1v) is 8.56. The highest BCUT2D eigenvalue weighted by Gasteiger charge is 2.23. The number of hydrogen-bond acceptors (Lipinski definition) is 4. The topological polar surface area (TPSA) is 71.5 Å². The average molecular weight is 333 g/mol. The maximum absolute atomic E-state index is 12.4. The monoisotopic (exact) mass is 333 g/mol. The molecule has 0 aliphatic heterocycles. The highest BCUT2D eigenvalue weighted by molar-refractivity contribution is 5.84. The van der Waals surface area contributed by atoms with E-state index in [0.717, 1.165) is 18.5 Å². The van der Waals surface area contributed by atoms with Crippen LogP contribution in [0.2, 0.25) is 0 Å². The molecule has 1 heterocycles. The van der Waals surface area contributed by atoms with Crippen molar-refractivity contribution in [1.29, 1.82) is 0 Å². The largest absolute Gasteiger partial charge is 0.382 e. The fraction of sp³-hybridized carbons (Fsp3) is 0.611. The first-order chi connectivity index (χ1) is 11.6. The molecule has 1 fully saturated rings. The van der Waals surface area contributed by atoms with Gasteiger partial charge < -0.3 is 15.0 Å². The molecule has 1 atom stereocenters. The number of nitrogens with one attached hydrogen (secondary N) is 1.